The molecule has 0 bridgehead atoms. The summed E-state index contributed by atoms with van der Waals surface area (Å²) in [7, 11) is 0. The van der Waals surface area contributed by atoms with Gasteiger partial charge in [0.25, 0.3) is 0 Å². The number of aryl methyl sites for hydroxylation is 2. The lowest BCUT2D eigenvalue weighted by atomic mass is 9.96. The number of likely N-dealkylation sites (tertiary alicyclic amines) is 1. The van der Waals surface area contributed by atoms with Crippen molar-refractivity contribution in [3.8, 4) is 10.6 Å². The van der Waals surface area contributed by atoms with E-state index < -0.39 is 0 Å². The Kier molecular flexibility index (Phi) is 4.98. The Morgan fingerprint density at radius 1 is 1.33 bits per heavy atom. The molecule has 4 rings (SSSR count). The number of thiophene rings is 1. The molecule has 3 aromatic rings. The average Bonchev–Trinajstić information content (AvgIpc) is 3.34. The summed E-state index contributed by atoms with van der Waals surface area (Å²) in [5.74, 6) is 1.03. The molecule has 1 amide bonds. The van der Waals surface area contributed by atoms with Gasteiger partial charge < -0.3 is 4.90 Å². The number of hydrogen-bond acceptors (Lipinski definition) is 7. The van der Waals surface area contributed by atoms with Crippen molar-refractivity contribution in [3.05, 3.63) is 46.5 Å². The molecule has 0 radical (unpaired) electrons. The van der Waals surface area contributed by atoms with Crippen molar-refractivity contribution >= 4 is 17.2 Å². The van der Waals surface area contributed by atoms with Gasteiger partial charge in [0.2, 0.25) is 5.91 Å². The third kappa shape index (κ3) is 3.90. The van der Waals surface area contributed by atoms with Crippen molar-refractivity contribution in [2.75, 3.05) is 13.1 Å². The van der Waals surface area contributed by atoms with Crippen LogP contribution in [0.5, 0.6) is 0 Å². The molecule has 1 unspecified atom stereocenters. The van der Waals surface area contributed by atoms with Gasteiger partial charge in [-0.25, -0.2) is 14.6 Å². The van der Waals surface area contributed by atoms with E-state index >= 15 is 0 Å². The summed E-state index contributed by atoms with van der Waals surface area (Å²) in [6, 6.07) is 6.11. The standard InChI is InChI=1S/C19H21N5O2S/c1-12-9-16(17-6-4-8-27-17)21-19(20-12)14-5-3-7-24(11-14)18(25)10-15-13(2)22-26-23-15/h4,6,8-9,14H,3,5,7,10-11H2,1-2H3. The van der Waals surface area contributed by atoms with Crippen LogP contribution in [0, 0.1) is 13.8 Å². The molecule has 1 aliphatic heterocycles. The molecule has 4 heterocycles. The average molecular weight is 383 g/mol. The van der Waals surface area contributed by atoms with Gasteiger partial charge >= 0.3 is 0 Å². The molecule has 3 aromatic heterocycles. The van der Waals surface area contributed by atoms with E-state index in [9.17, 15) is 4.79 Å². The smallest absolute Gasteiger partial charge is 0.228 e. The molecule has 1 saturated heterocycles. The van der Waals surface area contributed by atoms with E-state index in [-0.39, 0.29) is 18.2 Å². The normalized spacial score (nSPS) is 17.3. The second-order valence-electron chi connectivity index (χ2n) is 6.88. The largest absolute Gasteiger partial charge is 0.342 e. The zero-order chi connectivity index (χ0) is 18.8. The fraction of sp³-hybridized carbons (Fsp3) is 0.421. The van der Waals surface area contributed by atoms with E-state index in [4.69, 9.17) is 9.61 Å². The maximum Gasteiger partial charge on any atom is 0.228 e. The van der Waals surface area contributed by atoms with Gasteiger partial charge in [-0.3, -0.25) is 4.79 Å². The number of aromatic nitrogens is 4. The van der Waals surface area contributed by atoms with Gasteiger partial charge in [0, 0.05) is 24.7 Å². The number of carbonyl (C=O) groups excluding carboxylic acids is 1. The van der Waals surface area contributed by atoms with Crippen LogP contribution < -0.4 is 0 Å². The lowest BCUT2D eigenvalue weighted by molar-refractivity contribution is -0.131. The summed E-state index contributed by atoms with van der Waals surface area (Å²) in [5.41, 5.74) is 3.19. The highest BCUT2D eigenvalue weighted by molar-refractivity contribution is 7.13. The molecule has 1 aliphatic rings. The molecular formula is C19H21N5O2S. The van der Waals surface area contributed by atoms with Crippen LogP contribution in [0.1, 0.15) is 41.7 Å². The number of amides is 1. The number of rotatable bonds is 4. The molecular weight excluding hydrogens is 362 g/mol. The Bertz CT molecular complexity index is 937. The number of hydrogen-bond donors (Lipinski definition) is 0. The Labute approximate surface area is 161 Å². The third-order valence-electron chi connectivity index (χ3n) is 4.85. The summed E-state index contributed by atoms with van der Waals surface area (Å²) >= 11 is 1.67. The molecule has 1 atom stereocenters. The first-order valence-corrected chi connectivity index (χ1v) is 9.93. The predicted octanol–water partition coefficient (Wildman–Crippen LogP) is 3.15. The van der Waals surface area contributed by atoms with Crippen LogP contribution in [0.3, 0.4) is 0 Å². The molecule has 8 heteroatoms. The lowest BCUT2D eigenvalue weighted by Crippen LogP contribution is -2.40. The highest BCUT2D eigenvalue weighted by atomic mass is 32.1. The fourth-order valence-electron chi connectivity index (χ4n) is 3.40. The molecule has 27 heavy (non-hydrogen) atoms. The number of carbonyl (C=O) groups is 1. The van der Waals surface area contributed by atoms with Gasteiger partial charge in [-0.15, -0.1) is 11.3 Å². The minimum atomic E-state index is 0.0460. The molecule has 0 saturated carbocycles. The van der Waals surface area contributed by atoms with Crippen molar-refractivity contribution in [1.82, 2.24) is 25.2 Å². The van der Waals surface area contributed by atoms with E-state index in [0.29, 0.717) is 17.9 Å². The highest BCUT2D eigenvalue weighted by Gasteiger charge is 2.28. The van der Waals surface area contributed by atoms with Crippen LogP contribution in [-0.4, -0.2) is 44.2 Å². The lowest BCUT2D eigenvalue weighted by Gasteiger charge is -2.32. The van der Waals surface area contributed by atoms with Gasteiger partial charge in [0.1, 0.15) is 17.2 Å². The third-order valence-corrected chi connectivity index (χ3v) is 5.74. The van der Waals surface area contributed by atoms with Crippen LogP contribution in [-0.2, 0) is 11.2 Å². The SMILES string of the molecule is Cc1cc(-c2cccs2)nc(C2CCCN(C(=O)Cc3nonc3C)C2)n1. The van der Waals surface area contributed by atoms with Gasteiger partial charge in [-0.1, -0.05) is 16.4 Å². The summed E-state index contributed by atoms with van der Waals surface area (Å²) in [6.07, 6.45) is 2.15. The highest BCUT2D eigenvalue weighted by Crippen LogP contribution is 2.29. The van der Waals surface area contributed by atoms with Gasteiger partial charge in [0.15, 0.2) is 0 Å². The maximum atomic E-state index is 12.7. The second kappa shape index (κ2) is 7.56. The van der Waals surface area contributed by atoms with E-state index in [1.807, 2.05) is 29.3 Å². The Balaban J connectivity index is 1.51. The van der Waals surface area contributed by atoms with Crippen molar-refractivity contribution in [2.24, 2.45) is 0 Å². The molecule has 0 aliphatic carbocycles. The monoisotopic (exact) mass is 383 g/mol. The Morgan fingerprint density at radius 2 is 2.22 bits per heavy atom. The first-order chi connectivity index (χ1) is 13.1. The second-order valence-corrected chi connectivity index (χ2v) is 7.83. The van der Waals surface area contributed by atoms with Crippen LogP contribution >= 0.6 is 11.3 Å². The van der Waals surface area contributed by atoms with Crippen LogP contribution in [0.25, 0.3) is 10.6 Å². The molecule has 7 nitrogen and oxygen atoms in total. The van der Waals surface area contributed by atoms with E-state index in [1.165, 1.54) is 0 Å². The van der Waals surface area contributed by atoms with Crippen LogP contribution in [0.15, 0.2) is 28.2 Å². The fourth-order valence-corrected chi connectivity index (χ4v) is 4.09. The van der Waals surface area contributed by atoms with Crippen LogP contribution in [0.2, 0.25) is 0 Å². The molecule has 0 N–H and O–H groups in total. The van der Waals surface area contributed by atoms with Gasteiger partial charge in [-0.05, 0) is 44.2 Å². The molecule has 0 aromatic carbocycles. The maximum absolute atomic E-state index is 12.7. The minimum Gasteiger partial charge on any atom is -0.342 e. The molecule has 0 spiro atoms. The number of piperidine rings is 1. The van der Waals surface area contributed by atoms with Crippen LogP contribution in [0.4, 0.5) is 0 Å². The number of nitrogens with zero attached hydrogens (tertiary/aromatic N) is 5. The zero-order valence-electron chi connectivity index (χ0n) is 15.4. The summed E-state index contributed by atoms with van der Waals surface area (Å²) in [4.78, 5) is 25.2. The van der Waals surface area contributed by atoms with Crippen molar-refractivity contribution in [1.29, 1.82) is 0 Å². The first-order valence-electron chi connectivity index (χ1n) is 9.05. The summed E-state index contributed by atoms with van der Waals surface area (Å²) < 4.78 is 4.70. The topological polar surface area (TPSA) is 85.0 Å². The van der Waals surface area contributed by atoms with Crippen molar-refractivity contribution < 1.29 is 9.42 Å². The first kappa shape index (κ1) is 17.8. The Morgan fingerprint density at radius 3 is 2.96 bits per heavy atom. The van der Waals surface area contributed by atoms with Gasteiger partial charge in [0.05, 0.1) is 17.0 Å². The quantitative estimate of drug-likeness (QED) is 0.688. The van der Waals surface area contributed by atoms with E-state index in [0.717, 1.165) is 41.5 Å². The summed E-state index contributed by atoms with van der Waals surface area (Å²) in [6.45, 7) is 5.18. The predicted molar refractivity (Wildman–Crippen MR) is 101 cm³/mol. The van der Waals surface area contributed by atoms with Crippen molar-refractivity contribution in [3.63, 3.8) is 0 Å². The minimum absolute atomic E-state index is 0.0460. The van der Waals surface area contributed by atoms with Crippen molar-refractivity contribution in [2.45, 2.75) is 39.0 Å². The summed E-state index contributed by atoms with van der Waals surface area (Å²) in [5, 5.41) is 9.62. The Hall–Kier alpha value is -2.61. The van der Waals surface area contributed by atoms with Gasteiger partial charge in [-0.2, -0.15) is 0 Å². The molecule has 140 valence electrons. The van der Waals surface area contributed by atoms with E-state index in [1.54, 1.807) is 18.3 Å². The molecule has 1 fully saturated rings. The van der Waals surface area contributed by atoms with E-state index in [2.05, 4.69) is 21.4 Å². The zero-order valence-corrected chi connectivity index (χ0v) is 16.2.